The number of carbonyl (C=O) groups is 2. The highest BCUT2D eigenvalue weighted by Crippen LogP contribution is 2.30. The predicted molar refractivity (Wildman–Crippen MR) is 144 cm³/mol. The molecule has 0 unspecified atom stereocenters. The molecule has 0 atom stereocenters. The molecular formula is C29H23ClF2N4O3. The van der Waals surface area contributed by atoms with Crippen LogP contribution in [0.15, 0.2) is 71.7 Å². The molecule has 1 amide bonds. The van der Waals surface area contributed by atoms with Gasteiger partial charge >= 0.3 is 5.69 Å². The van der Waals surface area contributed by atoms with Crippen LogP contribution < -0.4 is 5.69 Å². The number of imidazole rings is 1. The summed E-state index contributed by atoms with van der Waals surface area (Å²) in [5.41, 5.74) is 2.33. The van der Waals surface area contributed by atoms with Crippen molar-refractivity contribution in [2.45, 2.75) is 25.4 Å². The summed E-state index contributed by atoms with van der Waals surface area (Å²) in [5.74, 6) is -2.38. The van der Waals surface area contributed by atoms with Crippen molar-refractivity contribution in [2.24, 2.45) is 0 Å². The molecule has 0 radical (unpaired) electrons. The molecule has 0 bridgehead atoms. The second kappa shape index (κ2) is 9.81. The maximum absolute atomic E-state index is 13.7. The van der Waals surface area contributed by atoms with Gasteiger partial charge in [-0.3, -0.25) is 14.2 Å². The molecule has 3 heterocycles. The standard InChI is InChI=1S/C29H23ClF2N4O3/c30-18-5-6-22-23(15-35(26(22)13-18)16-27(37)17-11-19(31)14-20(32)12-17)28(38)34-9-7-21(8-10-34)36-25-4-2-1-3-24(25)33-29(36)39/h1-6,11-15,21H,7-10,16H2,(H,33,39). The lowest BCUT2D eigenvalue weighted by Crippen LogP contribution is -2.40. The molecular weight excluding hydrogens is 526 g/mol. The number of hydrogen-bond donors (Lipinski definition) is 1. The zero-order valence-electron chi connectivity index (χ0n) is 20.7. The van der Waals surface area contributed by atoms with E-state index in [1.165, 1.54) is 0 Å². The van der Waals surface area contributed by atoms with E-state index in [0.29, 0.717) is 53.5 Å². The van der Waals surface area contributed by atoms with Gasteiger partial charge in [0.25, 0.3) is 5.91 Å². The van der Waals surface area contributed by atoms with Crippen LogP contribution in [0.5, 0.6) is 0 Å². The lowest BCUT2D eigenvalue weighted by molar-refractivity contribution is 0.0696. The lowest BCUT2D eigenvalue weighted by atomic mass is 10.0. The number of nitrogens with one attached hydrogen (secondary N) is 1. The topological polar surface area (TPSA) is 80.1 Å². The summed E-state index contributed by atoms with van der Waals surface area (Å²) in [7, 11) is 0. The Balaban J connectivity index is 1.25. The van der Waals surface area contributed by atoms with E-state index in [2.05, 4.69) is 4.98 Å². The fourth-order valence-corrected chi connectivity index (χ4v) is 5.63. The first-order chi connectivity index (χ1) is 18.8. The summed E-state index contributed by atoms with van der Waals surface area (Å²) >= 11 is 6.22. The van der Waals surface area contributed by atoms with E-state index < -0.39 is 17.4 Å². The van der Waals surface area contributed by atoms with Crippen molar-refractivity contribution in [3.63, 3.8) is 0 Å². The fourth-order valence-electron chi connectivity index (χ4n) is 5.46. The maximum atomic E-state index is 13.7. The van der Waals surface area contributed by atoms with E-state index in [-0.39, 0.29) is 29.7 Å². The molecule has 0 aliphatic carbocycles. The number of nitrogens with zero attached hydrogens (tertiary/aromatic N) is 3. The van der Waals surface area contributed by atoms with Crippen molar-refractivity contribution in [3.05, 3.63) is 105 Å². The number of likely N-dealkylation sites (tertiary alicyclic amines) is 1. The molecule has 0 saturated carbocycles. The lowest BCUT2D eigenvalue weighted by Gasteiger charge is -2.32. The number of fused-ring (bicyclic) bond motifs is 2. The first-order valence-corrected chi connectivity index (χ1v) is 12.9. The van der Waals surface area contributed by atoms with Crippen molar-refractivity contribution in [1.29, 1.82) is 0 Å². The minimum absolute atomic E-state index is 0.0397. The summed E-state index contributed by atoms with van der Waals surface area (Å²) in [6.07, 6.45) is 2.82. The molecule has 2 aromatic heterocycles. The molecule has 1 N–H and O–H groups in total. The average molecular weight is 549 g/mol. The monoisotopic (exact) mass is 548 g/mol. The van der Waals surface area contributed by atoms with E-state index in [0.717, 1.165) is 23.2 Å². The van der Waals surface area contributed by atoms with E-state index in [1.807, 2.05) is 24.3 Å². The van der Waals surface area contributed by atoms with Crippen molar-refractivity contribution in [1.82, 2.24) is 19.0 Å². The number of carbonyl (C=O) groups excluding carboxylic acids is 2. The first kappa shape index (κ1) is 25.1. The number of para-hydroxylation sites is 2. The third kappa shape index (κ3) is 4.63. The molecule has 7 nitrogen and oxygen atoms in total. The number of amides is 1. The van der Waals surface area contributed by atoms with Crippen LogP contribution in [0.2, 0.25) is 5.02 Å². The van der Waals surface area contributed by atoms with Crippen LogP contribution in [0.4, 0.5) is 8.78 Å². The number of rotatable bonds is 5. The van der Waals surface area contributed by atoms with Crippen molar-refractivity contribution in [3.8, 4) is 0 Å². The highest BCUT2D eigenvalue weighted by Gasteiger charge is 2.28. The number of aromatic amines is 1. The van der Waals surface area contributed by atoms with Crippen LogP contribution in [-0.2, 0) is 6.54 Å². The molecule has 39 heavy (non-hydrogen) atoms. The van der Waals surface area contributed by atoms with Crippen molar-refractivity contribution >= 4 is 45.2 Å². The van der Waals surface area contributed by atoms with Gasteiger partial charge in [0.1, 0.15) is 11.6 Å². The Labute approximate surface area is 226 Å². The van der Waals surface area contributed by atoms with Gasteiger partial charge < -0.3 is 14.5 Å². The summed E-state index contributed by atoms with van der Waals surface area (Å²) in [5, 5.41) is 1.05. The molecule has 6 rings (SSSR count). The van der Waals surface area contributed by atoms with E-state index >= 15 is 0 Å². The number of halogens is 3. The van der Waals surface area contributed by atoms with Crippen LogP contribution >= 0.6 is 11.6 Å². The summed E-state index contributed by atoms with van der Waals surface area (Å²) in [6.45, 7) is 0.687. The van der Waals surface area contributed by atoms with Crippen LogP contribution in [-0.4, -0.2) is 43.8 Å². The Morgan fingerprint density at radius 3 is 2.41 bits per heavy atom. The highest BCUT2D eigenvalue weighted by molar-refractivity contribution is 6.31. The van der Waals surface area contributed by atoms with E-state index in [9.17, 15) is 23.2 Å². The Morgan fingerprint density at radius 1 is 0.949 bits per heavy atom. The van der Waals surface area contributed by atoms with Gasteiger partial charge in [-0.15, -0.1) is 0 Å². The Kier molecular flexibility index (Phi) is 6.31. The molecule has 5 aromatic rings. The smallest absolute Gasteiger partial charge is 0.326 e. The number of H-pyrrole nitrogens is 1. The zero-order chi connectivity index (χ0) is 27.3. The minimum atomic E-state index is -0.840. The summed E-state index contributed by atoms with van der Waals surface area (Å²) in [6, 6.07) is 15.2. The maximum Gasteiger partial charge on any atom is 0.326 e. The number of Topliss-reactive ketones (excluding diaryl/α,β-unsaturated/α-hetero) is 1. The molecule has 198 valence electrons. The fraction of sp³-hybridized carbons (Fsp3) is 0.207. The Bertz CT molecular complexity index is 1790. The van der Waals surface area contributed by atoms with Gasteiger partial charge in [0.2, 0.25) is 0 Å². The quantitative estimate of drug-likeness (QED) is 0.291. The second-order valence-corrected chi connectivity index (χ2v) is 10.2. The van der Waals surface area contributed by atoms with Gasteiger partial charge in [-0.2, -0.15) is 0 Å². The molecule has 3 aromatic carbocycles. The van der Waals surface area contributed by atoms with Gasteiger partial charge in [-0.25, -0.2) is 13.6 Å². The van der Waals surface area contributed by atoms with Crippen molar-refractivity contribution < 1.29 is 18.4 Å². The van der Waals surface area contributed by atoms with Gasteiger partial charge in [-0.1, -0.05) is 29.8 Å². The second-order valence-electron chi connectivity index (χ2n) is 9.75. The minimum Gasteiger partial charge on any atom is -0.339 e. The van der Waals surface area contributed by atoms with E-state index in [4.69, 9.17) is 11.6 Å². The van der Waals surface area contributed by atoms with Gasteiger partial charge in [-0.05, 0) is 49.2 Å². The molecule has 1 saturated heterocycles. The van der Waals surface area contributed by atoms with Crippen LogP contribution in [0.1, 0.15) is 39.6 Å². The molecule has 1 aliphatic heterocycles. The van der Waals surface area contributed by atoms with Crippen LogP contribution in [0.25, 0.3) is 21.9 Å². The number of piperidine rings is 1. The first-order valence-electron chi connectivity index (χ1n) is 12.5. The zero-order valence-corrected chi connectivity index (χ0v) is 21.4. The number of aromatic nitrogens is 3. The number of benzene rings is 3. The van der Waals surface area contributed by atoms with Gasteiger partial charge in [0.15, 0.2) is 5.78 Å². The SMILES string of the molecule is O=C(Cn1cc(C(=O)N2CCC(n3c(=O)[nH]c4ccccc43)CC2)c2ccc(Cl)cc21)c1cc(F)cc(F)c1. The number of hydrogen-bond acceptors (Lipinski definition) is 3. The molecule has 1 aliphatic rings. The van der Waals surface area contributed by atoms with Crippen LogP contribution in [0.3, 0.4) is 0 Å². The largest absolute Gasteiger partial charge is 0.339 e. The number of ketones is 1. The molecule has 1 fully saturated rings. The third-order valence-electron chi connectivity index (χ3n) is 7.31. The van der Waals surface area contributed by atoms with Crippen molar-refractivity contribution in [2.75, 3.05) is 13.1 Å². The van der Waals surface area contributed by atoms with Gasteiger partial charge in [0.05, 0.1) is 28.7 Å². The average Bonchev–Trinajstić information content (AvgIpc) is 3.44. The molecule has 0 spiro atoms. The normalized spacial score (nSPS) is 14.4. The van der Waals surface area contributed by atoms with E-state index in [1.54, 1.807) is 38.4 Å². The Morgan fingerprint density at radius 2 is 1.67 bits per heavy atom. The molecule has 10 heteroatoms. The predicted octanol–water partition coefficient (Wildman–Crippen LogP) is 5.58. The summed E-state index contributed by atoms with van der Waals surface area (Å²) in [4.78, 5) is 43.8. The highest BCUT2D eigenvalue weighted by atomic mass is 35.5. The van der Waals surface area contributed by atoms with Crippen LogP contribution in [0, 0.1) is 11.6 Å². The van der Waals surface area contributed by atoms with Gasteiger partial charge in [0, 0.05) is 47.4 Å². The summed E-state index contributed by atoms with van der Waals surface area (Å²) < 4.78 is 30.7. The third-order valence-corrected chi connectivity index (χ3v) is 7.55. The Hall–Kier alpha value is -4.24.